The Morgan fingerprint density at radius 3 is 2.62 bits per heavy atom. The summed E-state index contributed by atoms with van der Waals surface area (Å²) in [7, 11) is 1.96. The molecule has 21 heavy (non-hydrogen) atoms. The highest BCUT2D eigenvalue weighted by Crippen LogP contribution is 2.26. The van der Waals surface area contributed by atoms with Crippen LogP contribution in [0.3, 0.4) is 0 Å². The summed E-state index contributed by atoms with van der Waals surface area (Å²) in [5, 5.41) is 8.74. The number of pyridine rings is 1. The van der Waals surface area contributed by atoms with Gasteiger partial charge in [0.05, 0.1) is 16.4 Å². The number of likely N-dealkylation sites (N-methyl/N-ethyl adjacent to an activating group) is 1. The second kappa shape index (κ2) is 7.05. The summed E-state index contributed by atoms with van der Waals surface area (Å²) in [4.78, 5) is 4.38. The summed E-state index contributed by atoms with van der Waals surface area (Å²) >= 11 is 6.50. The summed E-state index contributed by atoms with van der Waals surface area (Å²) in [6.45, 7) is 7.00. The molecule has 0 aliphatic rings. The third kappa shape index (κ3) is 3.44. The van der Waals surface area contributed by atoms with Gasteiger partial charge < -0.3 is 5.32 Å². The number of hydrogen-bond donors (Lipinski definition) is 1. The monoisotopic (exact) mass is 306 g/mol. The van der Waals surface area contributed by atoms with E-state index in [1.165, 1.54) is 5.56 Å². The van der Waals surface area contributed by atoms with Crippen molar-refractivity contribution in [2.45, 2.75) is 46.2 Å². The first-order chi connectivity index (χ1) is 10.1. The molecule has 0 spiro atoms. The summed E-state index contributed by atoms with van der Waals surface area (Å²) in [5.41, 5.74) is 4.26. The predicted octanol–water partition coefficient (Wildman–Crippen LogP) is 3.33. The molecular weight excluding hydrogens is 284 g/mol. The number of halogens is 1. The maximum absolute atomic E-state index is 6.50. The minimum atomic E-state index is 0.183. The lowest BCUT2D eigenvalue weighted by Gasteiger charge is -2.17. The van der Waals surface area contributed by atoms with Gasteiger partial charge in [0, 0.05) is 30.9 Å². The Kier molecular flexibility index (Phi) is 5.37. The zero-order chi connectivity index (χ0) is 15.4. The molecule has 0 saturated carbocycles. The quantitative estimate of drug-likeness (QED) is 0.890. The number of hydrogen-bond acceptors (Lipinski definition) is 3. The van der Waals surface area contributed by atoms with E-state index < -0.39 is 0 Å². The Balaban J connectivity index is 2.30. The van der Waals surface area contributed by atoms with Gasteiger partial charge in [0.25, 0.3) is 0 Å². The van der Waals surface area contributed by atoms with Crippen LogP contribution in [0.4, 0.5) is 0 Å². The zero-order valence-corrected chi connectivity index (χ0v) is 13.9. The number of nitrogens with one attached hydrogen (secondary N) is 1. The Labute approximate surface area is 131 Å². The van der Waals surface area contributed by atoms with Crippen molar-refractivity contribution >= 4 is 11.6 Å². The van der Waals surface area contributed by atoms with E-state index in [9.17, 15) is 0 Å². The molecule has 2 heterocycles. The molecule has 2 aromatic heterocycles. The van der Waals surface area contributed by atoms with E-state index in [1.54, 1.807) is 0 Å². The minimum Gasteiger partial charge on any atom is -0.313 e. The first kappa shape index (κ1) is 16.0. The molecule has 0 bridgehead atoms. The van der Waals surface area contributed by atoms with Gasteiger partial charge in [0.2, 0.25) is 0 Å². The molecule has 2 aromatic rings. The molecular formula is C16H23ClN4. The van der Waals surface area contributed by atoms with E-state index in [0.717, 1.165) is 41.5 Å². The van der Waals surface area contributed by atoms with Gasteiger partial charge in [-0.3, -0.25) is 9.67 Å². The fraction of sp³-hybridized carbons (Fsp3) is 0.500. The van der Waals surface area contributed by atoms with Gasteiger partial charge in [0.1, 0.15) is 0 Å². The Morgan fingerprint density at radius 2 is 2.10 bits per heavy atom. The third-order valence-corrected chi connectivity index (χ3v) is 4.21. The van der Waals surface area contributed by atoms with Crippen LogP contribution in [0.1, 0.15) is 42.5 Å². The summed E-state index contributed by atoms with van der Waals surface area (Å²) in [6.07, 6.45) is 3.59. The smallest absolute Gasteiger partial charge is 0.0850 e. The third-order valence-electron chi connectivity index (χ3n) is 3.78. The van der Waals surface area contributed by atoms with Crippen molar-refractivity contribution in [2.75, 3.05) is 7.05 Å². The van der Waals surface area contributed by atoms with Crippen LogP contribution in [0.25, 0.3) is 0 Å². The van der Waals surface area contributed by atoms with Crippen LogP contribution in [0, 0.1) is 6.92 Å². The number of rotatable bonds is 6. The molecule has 0 saturated heterocycles. The number of aromatic nitrogens is 3. The lowest BCUT2D eigenvalue weighted by atomic mass is 10.0. The fourth-order valence-corrected chi connectivity index (χ4v) is 2.82. The average molecular weight is 307 g/mol. The highest BCUT2D eigenvalue weighted by Gasteiger charge is 2.19. The topological polar surface area (TPSA) is 42.7 Å². The van der Waals surface area contributed by atoms with E-state index in [4.69, 9.17) is 11.6 Å². The van der Waals surface area contributed by atoms with Crippen LogP contribution in [0.5, 0.6) is 0 Å². The van der Waals surface area contributed by atoms with Gasteiger partial charge in [-0.25, -0.2) is 0 Å². The van der Waals surface area contributed by atoms with Gasteiger partial charge in [-0.05, 0) is 38.9 Å². The van der Waals surface area contributed by atoms with Crippen LogP contribution in [-0.4, -0.2) is 21.8 Å². The second-order valence-corrected chi connectivity index (χ2v) is 5.53. The molecule has 5 heteroatoms. The highest BCUT2D eigenvalue weighted by molar-refractivity contribution is 6.31. The first-order valence-corrected chi connectivity index (χ1v) is 7.82. The summed E-state index contributed by atoms with van der Waals surface area (Å²) in [5.74, 6) is 0. The van der Waals surface area contributed by atoms with Gasteiger partial charge >= 0.3 is 0 Å². The Bertz CT molecular complexity index is 589. The maximum atomic E-state index is 6.50. The molecule has 1 N–H and O–H groups in total. The van der Waals surface area contributed by atoms with Crippen molar-refractivity contribution in [3.05, 3.63) is 46.0 Å². The molecule has 4 nitrogen and oxygen atoms in total. The van der Waals surface area contributed by atoms with Crippen LogP contribution >= 0.6 is 11.6 Å². The van der Waals surface area contributed by atoms with Crippen molar-refractivity contribution in [3.63, 3.8) is 0 Å². The molecule has 0 amide bonds. The SMILES string of the molecule is CCc1nn(CC)c(CC(NC)c2ccc(C)nc2)c1Cl. The summed E-state index contributed by atoms with van der Waals surface area (Å²) < 4.78 is 2.01. The lowest BCUT2D eigenvalue weighted by Crippen LogP contribution is -2.21. The Morgan fingerprint density at radius 1 is 1.33 bits per heavy atom. The van der Waals surface area contributed by atoms with Crippen molar-refractivity contribution in [1.29, 1.82) is 0 Å². The molecule has 0 aliphatic carbocycles. The standard InChI is InChI=1S/C16H23ClN4/c1-5-13-16(17)15(21(6-2)20-13)9-14(18-4)12-8-7-11(3)19-10-12/h7-8,10,14,18H,5-6,9H2,1-4H3. The molecule has 0 aliphatic heterocycles. The van der Waals surface area contributed by atoms with Crippen LogP contribution in [-0.2, 0) is 19.4 Å². The summed E-state index contributed by atoms with van der Waals surface area (Å²) in [6, 6.07) is 4.34. The molecule has 0 aromatic carbocycles. The van der Waals surface area contributed by atoms with Gasteiger partial charge in [-0.2, -0.15) is 5.10 Å². The van der Waals surface area contributed by atoms with Crippen molar-refractivity contribution < 1.29 is 0 Å². The normalized spacial score (nSPS) is 12.6. The molecule has 0 radical (unpaired) electrons. The van der Waals surface area contributed by atoms with E-state index in [0.29, 0.717) is 0 Å². The van der Waals surface area contributed by atoms with E-state index in [1.807, 2.05) is 30.9 Å². The van der Waals surface area contributed by atoms with Crippen molar-refractivity contribution in [1.82, 2.24) is 20.1 Å². The number of nitrogens with zero attached hydrogens (tertiary/aromatic N) is 3. The largest absolute Gasteiger partial charge is 0.313 e. The predicted molar refractivity (Wildman–Crippen MR) is 86.8 cm³/mol. The van der Waals surface area contributed by atoms with Gasteiger partial charge in [-0.1, -0.05) is 24.6 Å². The van der Waals surface area contributed by atoms with Crippen molar-refractivity contribution in [3.8, 4) is 0 Å². The molecule has 1 unspecified atom stereocenters. The zero-order valence-electron chi connectivity index (χ0n) is 13.2. The van der Waals surface area contributed by atoms with Crippen LogP contribution in [0.2, 0.25) is 5.02 Å². The highest BCUT2D eigenvalue weighted by atomic mass is 35.5. The molecule has 2 rings (SSSR count). The molecule has 0 fully saturated rings. The maximum Gasteiger partial charge on any atom is 0.0850 e. The van der Waals surface area contributed by atoms with Crippen LogP contribution < -0.4 is 5.32 Å². The minimum absolute atomic E-state index is 0.183. The van der Waals surface area contributed by atoms with Gasteiger partial charge in [-0.15, -0.1) is 0 Å². The average Bonchev–Trinajstić information content (AvgIpc) is 2.81. The van der Waals surface area contributed by atoms with Gasteiger partial charge in [0.15, 0.2) is 0 Å². The second-order valence-electron chi connectivity index (χ2n) is 5.15. The number of aryl methyl sites for hydroxylation is 3. The van der Waals surface area contributed by atoms with Crippen LogP contribution in [0.15, 0.2) is 18.3 Å². The lowest BCUT2D eigenvalue weighted by molar-refractivity contribution is 0.539. The Hall–Kier alpha value is -1.39. The molecule has 1 atom stereocenters. The molecule has 114 valence electrons. The van der Waals surface area contributed by atoms with E-state index in [2.05, 4.69) is 35.3 Å². The first-order valence-electron chi connectivity index (χ1n) is 7.44. The van der Waals surface area contributed by atoms with Crippen molar-refractivity contribution in [2.24, 2.45) is 0 Å². The van der Waals surface area contributed by atoms with E-state index in [-0.39, 0.29) is 6.04 Å². The van der Waals surface area contributed by atoms with E-state index >= 15 is 0 Å². The fourth-order valence-electron chi connectivity index (χ4n) is 2.48.